The molecule has 0 saturated heterocycles. The van der Waals surface area contributed by atoms with E-state index >= 15 is 0 Å². The summed E-state index contributed by atoms with van der Waals surface area (Å²) < 4.78 is 30.4. The molecule has 0 bridgehead atoms. The molecule has 3 rings (SSSR count). The Morgan fingerprint density at radius 2 is 1.88 bits per heavy atom. The molecule has 0 spiro atoms. The predicted octanol–water partition coefficient (Wildman–Crippen LogP) is 6.27. The molecule has 2 aromatic carbocycles. The average Bonchev–Trinajstić information content (AvgIpc) is 3.21. The molecule has 0 unspecified atom stereocenters. The molecule has 184 valence electrons. The van der Waals surface area contributed by atoms with Crippen molar-refractivity contribution in [3.63, 3.8) is 0 Å². The van der Waals surface area contributed by atoms with Crippen LogP contribution in [0.3, 0.4) is 0 Å². The van der Waals surface area contributed by atoms with Crippen molar-refractivity contribution < 1.29 is 18.3 Å². The first-order valence-electron chi connectivity index (χ1n) is 11.5. The van der Waals surface area contributed by atoms with Crippen molar-refractivity contribution in [3.05, 3.63) is 54.1 Å². The third kappa shape index (κ3) is 6.81. The number of thiazole rings is 1. The van der Waals surface area contributed by atoms with Crippen molar-refractivity contribution in [2.75, 3.05) is 5.75 Å². The van der Waals surface area contributed by atoms with E-state index in [0.29, 0.717) is 0 Å². The van der Waals surface area contributed by atoms with Crippen LogP contribution in [0.1, 0.15) is 52.0 Å². The highest BCUT2D eigenvalue weighted by Gasteiger charge is 2.36. The molecule has 1 aromatic heterocycles. The number of carboxylic acids is 1. The Hall–Kier alpha value is -1.94. The maximum Gasteiger partial charge on any atom is 0.322 e. The van der Waals surface area contributed by atoms with Gasteiger partial charge in [-0.1, -0.05) is 75.7 Å². The Morgan fingerprint density at radius 3 is 2.53 bits per heavy atom. The summed E-state index contributed by atoms with van der Waals surface area (Å²) in [5.41, 5.74) is 1.50. The van der Waals surface area contributed by atoms with E-state index in [4.69, 9.17) is 0 Å². The van der Waals surface area contributed by atoms with Gasteiger partial charge in [0.2, 0.25) is 10.0 Å². The van der Waals surface area contributed by atoms with Gasteiger partial charge in [-0.2, -0.15) is 4.31 Å². The van der Waals surface area contributed by atoms with Gasteiger partial charge in [-0.3, -0.25) is 4.79 Å². The lowest BCUT2D eigenvalue weighted by atomic mass is 10.0. The number of carboxylic acid groups (broad SMARTS) is 1. The van der Waals surface area contributed by atoms with Crippen molar-refractivity contribution >= 4 is 49.3 Å². The first-order valence-corrected chi connectivity index (χ1v) is 14.8. The van der Waals surface area contributed by atoms with E-state index in [9.17, 15) is 18.3 Å². The minimum absolute atomic E-state index is 0.00782. The van der Waals surface area contributed by atoms with Gasteiger partial charge in [0.15, 0.2) is 4.34 Å². The van der Waals surface area contributed by atoms with Gasteiger partial charge in [0.1, 0.15) is 6.04 Å². The molecule has 6 nitrogen and oxygen atoms in total. The first kappa shape index (κ1) is 26.7. The third-order valence-electron chi connectivity index (χ3n) is 5.43. The summed E-state index contributed by atoms with van der Waals surface area (Å²) in [7, 11) is -4.07. The van der Waals surface area contributed by atoms with E-state index < -0.39 is 22.0 Å². The topological polar surface area (TPSA) is 87.6 Å². The Labute approximate surface area is 210 Å². The largest absolute Gasteiger partial charge is 0.480 e. The van der Waals surface area contributed by atoms with Crippen LogP contribution in [0.15, 0.2) is 57.8 Å². The minimum atomic E-state index is -4.07. The van der Waals surface area contributed by atoms with Crippen LogP contribution in [0.25, 0.3) is 10.2 Å². The number of aliphatic carboxylic acids is 1. The fraction of sp³-hybridized carbons (Fsp3) is 0.440. The quantitative estimate of drug-likeness (QED) is 0.211. The van der Waals surface area contributed by atoms with Crippen LogP contribution in [0, 0.1) is 5.92 Å². The van der Waals surface area contributed by atoms with Crippen LogP contribution in [0.2, 0.25) is 0 Å². The number of aromatic nitrogens is 1. The lowest BCUT2D eigenvalue weighted by molar-refractivity contribution is -0.142. The van der Waals surface area contributed by atoms with Crippen LogP contribution in [0.5, 0.6) is 0 Å². The fourth-order valence-corrected chi connectivity index (χ4v) is 7.53. The molecule has 1 heterocycles. The van der Waals surface area contributed by atoms with Gasteiger partial charge in [0.05, 0.1) is 15.1 Å². The van der Waals surface area contributed by atoms with E-state index in [2.05, 4.69) is 11.9 Å². The molecule has 9 heteroatoms. The lowest BCUT2D eigenvalue weighted by Gasteiger charge is -2.29. The van der Waals surface area contributed by atoms with Gasteiger partial charge in [-0.25, -0.2) is 13.4 Å². The highest BCUT2D eigenvalue weighted by Crippen LogP contribution is 2.33. The number of nitrogens with zero attached hydrogens (tertiary/aromatic N) is 2. The highest BCUT2D eigenvalue weighted by molar-refractivity contribution is 8.01. The second-order valence-electron chi connectivity index (χ2n) is 8.68. The lowest BCUT2D eigenvalue weighted by Crippen LogP contribution is -2.45. The Balaban J connectivity index is 1.96. The van der Waals surface area contributed by atoms with Crippen molar-refractivity contribution in [1.82, 2.24) is 9.29 Å². The van der Waals surface area contributed by atoms with Crippen molar-refractivity contribution in [2.45, 2.75) is 68.3 Å². The summed E-state index contributed by atoms with van der Waals surface area (Å²) in [6.45, 7) is 5.95. The van der Waals surface area contributed by atoms with Crippen LogP contribution < -0.4 is 0 Å². The number of sulfonamides is 1. The van der Waals surface area contributed by atoms with Crippen LogP contribution >= 0.6 is 23.1 Å². The smallest absolute Gasteiger partial charge is 0.322 e. The van der Waals surface area contributed by atoms with E-state index in [1.165, 1.54) is 23.8 Å². The zero-order valence-corrected chi connectivity index (χ0v) is 22.3. The summed E-state index contributed by atoms with van der Waals surface area (Å²) in [5, 5.41) is 9.96. The summed E-state index contributed by atoms with van der Waals surface area (Å²) in [6.07, 6.45) is 3.69. The minimum Gasteiger partial charge on any atom is -0.480 e. The Morgan fingerprint density at radius 1 is 1.15 bits per heavy atom. The third-order valence-corrected chi connectivity index (χ3v) is 9.53. The van der Waals surface area contributed by atoms with Gasteiger partial charge >= 0.3 is 5.97 Å². The van der Waals surface area contributed by atoms with Gasteiger partial charge in [-0.15, -0.1) is 11.3 Å². The van der Waals surface area contributed by atoms with Gasteiger partial charge in [0.25, 0.3) is 0 Å². The number of rotatable bonds is 13. The zero-order valence-electron chi connectivity index (χ0n) is 19.8. The molecular weight excluding hydrogens is 488 g/mol. The second-order valence-corrected chi connectivity index (χ2v) is 12.9. The first-order chi connectivity index (χ1) is 16.2. The summed E-state index contributed by atoms with van der Waals surface area (Å²) in [4.78, 5) is 16.9. The number of unbranched alkanes of at least 4 members (excludes halogenated alkanes) is 2. The zero-order chi connectivity index (χ0) is 24.7. The van der Waals surface area contributed by atoms with E-state index in [1.54, 1.807) is 23.9 Å². The number of carbonyl (C=O) groups is 1. The summed E-state index contributed by atoms with van der Waals surface area (Å²) >= 11 is 3.17. The normalized spacial score (nSPS) is 13.1. The van der Waals surface area contributed by atoms with E-state index in [-0.39, 0.29) is 23.8 Å². The molecule has 0 aliphatic heterocycles. The van der Waals surface area contributed by atoms with Crippen molar-refractivity contribution in [3.8, 4) is 0 Å². The number of hydrogen-bond acceptors (Lipinski definition) is 6. The Kier molecular flexibility index (Phi) is 9.53. The second kappa shape index (κ2) is 12.2. The van der Waals surface area contributed by atoms with E-state index in [1.807, 2.05) is 44.2 Å². The molecule has 0 fully saturated rings. The molecule has 0 aliphatic rings. The van der Waals surface area contributed by atoms with Crippen LogP contribution in [-0.2, 0) is 21.4 Å². The molecule has 1 N–H and O–H groups in total. The molecule has 0 amide bonds. The monoisotopic (exact) mass is 520 g/mol. The van der Waals surface area contributed by atoms with Crippen LogP contribution in [0.4, 0.5) is 0 Å². The number of fused-ring (bicyclic) bond motifs is 1. The predicted molar refractivity (Wildman–Crippen MR) is 140 cm³/mol. The molecule has 0 saturated carbocycles. The van der Waals surface area contributed by atoms with Crippen molar-refractivity contribution in [2.24, 2.45) is 5.92 Å². The molecule has 1 atom stereocenters. The standard InChI is InChI=1S/C25H32N2O4S3/c1-4-5-9-14-32-25-26-21-13-12-20(16-23(21)33-25)34(30,31)27(17-19-10-7-6-8-11-19)22(24(28)29)15-18(2)3/h6-8,10-13,16,18,22H,4-5,9,14-15,17H2,1-3H3,(H,28,29)/t22-/m1/s1. The van der Waals surface area contributed by atoms with Crippen LogP contribution in [-0.4, -0.2) is 40.6 Å². The summed E-state index contributed by atoms with van der Waals surface area (Å²) in [5.74, 6) is -0.136. The van der Waals surface area contributed by atoms with Gasteiger partial charge in [0, 0.05) is 12.3 Å². The maximum absolute atomic E-state index is 13.8. The van der Waals surface area contributed by atoms with Crippen molar-refractivity contribution in [1.29, 1.82) is 0 Å². The summed E-state index contributed by atoms with van der Waals surface area (Å²) in [6, 6.07) is 12.8. The SMILES string of the molecule is CCCCCSc1nc2ccc(S(=O)(=O)N(Cc3ccccc3)[C@H](CC(C)C)C(=O)O)cc2s1. The number of thioether (sulfide) groups is 1. The number of hydrogen-bond donors (Lipinski definition) is 1. The Bertz CT molecular complexity index is 1190. The molecule has 34 heavy (non-hydrogen) atoms. The van der Waals surface area contributed by atoms with Gasteiger partial charge < -0.3 is 5.11 Å². The molecule has 3 aromatic rings. The highest BCUT2D eigenvalue weighted by atomic mass is 32.2. The number of benzene rings is 2. The van der Waals surface area contributed by atoms with Gasteiger partial charge in [-0.05, 0) is 42.5 Å². The molecule has 0 aliphatic carbocycles. The average molecular weight is 521 g/mol. The van der Waals surface area contributed by atoms with E-state index in [0.717, 1.165) is 43.0 Å². The maximum atomic E-state index is 13.8. The fourth-order valence-electron chi connectivity index (χ4n) is 3.67. The molecular formula is C25H32N2O4S3. The molecule has 0 radical (unpaired) electrons.